The summed E-state index contributed by atoms with van der Waals surface area (Å²) >= 11 is 3.51. The quantitative estimate of drug-likeness (QED) is 0.330. The van der Waals surface area contributed by atoms with Crippen LogP contribution in [0.25, 0.3) is 17.0 Å². The summed E-state index contributed by atoms with van der Waals surface area (Å²) in [7, 11) is 0. The first-order chi connectivity index (χ1) is 16.7. The van der Waals surface area contributed by atoms with E-state index >= 15 is 0 Å². The van der Waals surface area contributed by atoms with Gasteiger partial charge in [0, 0.05) is 49.7 Å². The largest absolute Gasteiger partial charge is 0.435 e. The highest BCUT2D eigenvalue weighted by molar-refractivity contribution is 9.10. The van der Waals surface area contributed by atoms with Gasteiger partial charge in [-0.05, 0) is 54.2 Å². The van der Waals surface area contributed by atoms with Gasteiger partial charge in [-0.15, -0.1) is 0 Å². The molecule has 4 aromatic heterocycles. The van der Waals surface area contributed by atoms with Crippen molar-refractivity contribution in [3.05, 3.63) is 52.1 Å². The van der Waals surface area contributed by atoms with Crippen molar-refractivity contribution in [1.29, 1.82) is 0 Å². The number of aryl methyl sites for hydroxylation is 2. The first kappa shape index (κ1) is 23.5. The normalized spacial score (nSPS) is 14.1. The summed E-state index contributed by atoms with van der Waals surface area (Å²) in [6.07, 6.45) is 1.21. The van der Waals surface area contributed by atoms with Crippen molar-refractivity contribution in [2.45, 2.75) is 51.4 Å². The topological polar surface area (TPSA) is 94.9 Å². The van der Waals surface area contributed by atoms with Crippen LogP contribution in [0.5, 0.6) is 0 Å². The molecule has 4 heterocycles. The number of hydrogen-bond acceptors (Lipinski definition) is 5. The minimum absolute atomic E-state index is 0.136. The Kier molecular flexibility index (Phi) is 6.11. The predicted octanol–water partition coefficient (Wildman–Crippen LogP) is 4.29. The standard InChI is InChI=1S/C22H22BrF3N8O/c1-2-32-12-14(23)20(31-32)16-6-8-27-19-10-15(29-34(16)19)21(35)28-7-3-9-33-17(13-4-5-13)11-18(30-33)22(24,25)26/h6,8,10-13H,2-5,7,9H2,1H3,(H,28,35). The number of fused-ring (bicyclic) bond motifs is 1. The molecule has 35 heavy (non-hydrogen) atoms. The fourth-order valence-corrected chi connectivity index (χ4v) is 4.41. The lowest BCUT2D eigenvalue weighted by Gasteiger charge is -2.07. The summed E-state index contributed by atoms with van der Waals surface area (Å²) in [5.41, 5.74) is 1.79. The van der Waals surface area contributed by atoms with E-state index in [1.165, 1.54) is 4.68 Å². The van der Waals surface area contributed by atoms with Gasteiger partial charge in [-0.1, -0.05) is 0 Å². The number of alkyl halides is 3. The van der Waals surface area contributed by atoms with E-state index < -0.39 is 17.8 Å². The van der Waals surface area contributed by atoms with Gasteiger partial charge in [0.25, 0.3) is 5.91 Å². The van der Waals surface area contributed by atoms with Crippen LogP contribution < -0.4 is 5.32 Å². The second kappa shape index (κ2) is 9.10. The smallest absolute Gasteiger partial charge is 0.351 e. The minimum atomic E-state index is -4.47. The van der Waals surface area contributed by atoms with E-state index in [-0.39, 0.29) is 24.7 Å². The number of aromatic nitrogens is 7. The van der Waals surface area contributed by atoms with Crippen molar-refractivity contribution in [3.63, 3.8) is 0 Å². The number of rotatable bonds is 8. The van der Waals surface area contributed by atoms with E-state index in [1.54, 1.807) is 27.5 Å². The van der Waals surface area contributed by atoms with Gasteiger partial charge >= 0.3 is 6.18 Å². The molecule has 1 aliphatic rings. The number of hydrogen-bond donors (Lipinski definition) is 1. The third-order valence-corrected chi connectivity index (χ3v) is 6.38. The SMILES string of the molecule is CCn1cc(Br)c(-c2ccnc3cc(C(=O)NCCCn4nc(C(F)(F)F)cc4C4CC4)nn23)n1. The van der Waals surface area contributed by atoms with E-state index in [1.807, 2.05) is 13.1 Å². The lowest BCUT2D eigenvalue weighted by atomic mass is 10.2. The minimum Gasteiger partial charge on any atom is -0.351 e. The zero-order valence-corrected chi connectivity index (χ0v) is 20.3. The van der Waals surface area contributed by atoms with Crippen LogP contribution in [0.3, 0.4) is 0 Å². The molecule has 0 radical (unpaired) electrons. The van der Waals surface area contributed by atoms with Crippen LogP contribution in [0, 0.1) is 0 Å². The molecule has 1 saturated carbocycles. The maximum atomic E-state index is 13.1. The van der Waals surface area contributed by atoms with Crippen molar-refractivity contribution < 1.29 is 18.0 Å². The second-order valence-corrected chi connectivity index (χ2v) is 9.22. The molecule has 0 saturated heterocycles. The summed E-state index contributed by atoms with van der Waals surface area (Å²) in [5.74, 6) is -0.255. The maximum Gasteiger partial charge on any atom is 0.435 e. The van der Waals surface area contributed by atoms with Gasteiger partial charge in [0.15, 0.2) is 17.0 Å². The van der Waals surface area contributed by atoms with Crippen LogP contribution in [-0.2, 0) is 19.3 Å². The van der Waals surface area contributed by atoms with Gasteiger partial charge in [-0.25, -0.2) is 9.50 Å². The number of halogens is 4. The van der Waals surface area contributed by atoms with Gasteiger partial charge in [0.2, 0.25) is 0 Å². The number of carbonyl (C=O) groups excluding carboxylic acids is 1. The molecule has 1 amide bonds. The van der Waals surface area contributed by atoms with Crippen molar-refractivity contribution in [1.82, 2.24) is 39.5 Å². The summed E-state index contributed by atoms with van der Waals surface area (Å²) in [6, 6.07) is 4.49. The Bertz CT molecular complexity index is 1390. The Morgan fingerprint density at radius 3 is 2.71 bits per heavy atom. The molecule has 0 spiro atoms. The molecule has 1 N–H and O–H groups in total. The number of nitrogens with zero attached hydrogens (tertiary/aromatic N) is 7. The molecule has 9 nitrogen and oxygen atoms in total. The van der Waals surface area contributed by atoms with E-state index in [2.05, 4.69) is 41.5 Å². The number of carbonyl (C=O) groups is 1. The van der Waals surface area contributed by atoms with Crippen LogP contribution in [0.2, 0.25) is 0 Å². The van der Waals surface area contributed by atoms with Crippen molar-refractivity contribution in [2.75, 3.05) is 6.54 Å². The van der Waals surface area contributed by atoms with E-state index in [9.17, 15) is 18.0 Å². The van der Waals surface area contributed by atoms with Crippen LogP contribution in [0.15, 0.2) is 35.1 Å². The zero-order valence-electron chi connectivity index (χ0n) is 18.8. The molecule has 0 atom stereocenters. The summed E-state index contributed by atoms with van der Waals surface area (Å²) in [5, 5.41) is 15.5. The van der Waals surface area contributed by atoms with Gasteiger partial charge in [-0.2, -0.15) is 28.5 Å². The first-order valence-corrected chi connectivity index (χ1v) is 12.0. The molecule has 4 aromatic rings. The lowest BCUT2D eigenvalue weighted by Crippen LogP contribution is -2.26. The molecule has 184 valence electrons. The maximum absolute atomic E-state index is 13.1. The fraction of sp³-hybridized carbons (Fsp3) is 0.409. The zero-order chi connectivity index (χ0) is 24.7. The Morgan fingerprint density at radius 1 is 1.23 bits per heavy atom. The molecule has 1 fully saturated rings. The highest BCUT2D eigenvalue weighted by Crippen LogP contribution is 2.42. The van der Waals surface area contributed by atoms with Crippen molar-refractivity contribution in [2.24, 2.45) is 0 Å². The fourth-order valence-electron chi connectivity index (χ4n) is 3.90. The first-order valence-electron chi connectivity index (χ1n) is 11.3. The lowest BCUT2D eigenvalue weighted by molar-refractivity contribution is -0.141. The van der Waals surface area contributed by atoms with E-state index in [4.69, 9.17) is 0 Å². The molecule has 0 aromatic carbocycles. The van der Waals surface area contributed by atoms with Crippen LogP contribution >= 0.6 is 15.9 Å². The molecule has 0 bridgehead atoms. The van der Waals surface area contributed by atoms with E-state index in [0.717, 1.165) is 23.4 Å². The highest BCUT2D eigenvalue weighted by atomic mass is 79.9. The Balaban J connectivity index is 1.26. The van der Waals surface area contributed by atoms with Gasteiger partial charge in [-0.3, -0.25) is 14.2 Å². The molecule has 1 aliphatic carbocycles. The average Bonchev–Trinajstić information content (AvgIpc) is 3.24. The van der Waals surface area contributed by atoms with Crippen LogP contribution in [-0.4, -0.2) is 46.6 Å². The summed E-state index contributed by atoms with van der Waals surface area (Å²) in [6.45, 7) is 3.24. The molecule has 13 heteroatoms. The summed E-state index contributed by atoms with van der Waals surface area (Å²) in [4.78, 5) is 17.0. The van der Waals surface area contributed by atoms with Crippen molar-refractivity contribution in [3.8, 4) is 11.4 Å². The van der Waals surface area contributed by atoms with E-state index in [0.29, 0.717) is 35.7 Å². The second-order valence-electron chi connectivity index (χ2n) is 8.37. The highest BCUT2D eigenvalue weighted by Gasteiger charge is 2.37. The average molecular weight is 551 g/mol. The number of nitrogens with one attached hydrogen (secondary N) is 1. The van der Waals surface area contributed by atoms with Crippen LogP contribution in [0.1, 0.15) is 54.0 Å². The third kappa shape index (κ3) is 4.81. The Morgan fingerprint density at radius 2 is 2.03 bits per heavy atom. The molecule has 0 unspecified atom stereocenters. The molecular formula is C22H22BrF3N8O. The number of amides is 1. The van der Waals surface area contributed by atoms with Gasteiger partial charge in [0.1, 0.15) is 5.69 Å². The Hall–Kier alpha value is -3.22. The third-order valence-electron chi connectivity index (χ3n) is 5.80. The van der Waals surface area contributed by atoms with Crippen LogP contribution in [0.4, 0.5) is 13.2 Å². The molecule has 0 aliphatic heterocycles. The molecule has 5 rings (SSSR count). The monoisotopic (exact) mass is 550 g/mol. The predicted molar refractivity (Wildman–Crippen MR) is 124 cm³/mol. The van der Waals surface area contributed by atoms with Gasteiger partial charge < -0.3 is 5.32 Å². The Labute approximate surface area is 206 Å². The molecular weight excluding hydrogens is 529 g/mol. The summed E-state index contributed by atoms with van der Waals surface area (Å²) < 4.78 is 44.7. The van der Waals surface area contributed by atoms with Gasteiger partial charge in [0.05, 0.1) is 10.2 Å². The van der Waals surface area contributed by atoms with Crippen molar-refractivity contribution >= 4 is 27.5 Å².